The van der Waals surface area contributed by atoms with Crippen LogP contribution in [0.4, 0.5) is 9.18 Å². The second-order valence-corrected chi connectivity index (χ2v) is 6.13. The molecule has 7 nitrogen and oxygen atoms in total. The van der Waals surface area contributed by atoms with Gasteiger partial charge < -0.3 is 10.1 Å². The van der Waals surface area contributed by atoms with Crippen LogP contribution in [0.5, 0.6) is 0 Å². The van der Waals surface area contributed by atoms with Crippen LogP contribution in [-0.2, 0) is 22.5 Å². The van der Waals surface area contributed by atoms with Crippen molar-refractivity contribution in [1.29, 1.82) is 0 Å². The second kappa shape index (κ2) is 7.94. The summed E-state index contributed by atoms with van der Waals surface area (Å²) in [6.45, 7) is 2.23. The van der Waals surface area contributed by atoms with Gasteiger partial charge in [-0.3, -0.25) is 20.1 Å². The number of amides is 2. The van der Waals surface area contributed by atoms with Gasteiger partial charge in [0.25, 0.3) is 0 Å². The largest absolute Gasteiger partial charge is 0.453 e. The maximum absolute atomic E-state index is 13.0. The molecule has 1 aromatic heterocycles. The number of aliphatic imine (C=N–C) groups is 1. The van der Waals surface area contributed by atoms with Crippen molar-refractivity contribution in [3.8, 4) is 0 Å². The van der Waals surface area contributed by atoms with Gasteiger partial charge in [-0.25, -0.2) is 9.18 Å². The quantitative estimate of drug-likeness (QED) is 0.863. The van der Waals surface area contributed by atoms with Gasteiger partial charge in [0, 0.05) is 11.8 Å². The van der Waals surface area contributed by atoms with Crippen molar-refractivity contribution in [1.82, 2.24) is 15.6 Å². The second-order valence-electron chi connectivity index (χ2n) is 6.13. The Hall–Kier alpha value is -3.29. The highest BCUT2D eigenvalue weighted by Gasteiger charge is 2.20. The molecule has 27 heavy (non-hydrogen) atoms. The SMILES string of the molecule is COC(=O)NC1=NCc2cc(CC(=O)N[C@H](C)c3ccc(F)cc3)ncc21. The van der Waals surface area contributed by atoms with E-state index >= 15 is 0 Å². The summed E-state index contributed by atoms with van der Waals surface area (Å²) in [6, 6.07) is 7.56. The van der Waals surface area contributed by atoms with Gasteiger partial charge >= 0.3 is 6.09 Å². The molecule has 140 valence electrons. The van der Waals surface area contributed by atoms with E-state index in [2.05, 4.69) is 25.3 Å². The number of fused-ring (bicyclic) bond motifs is 1. The van der Waals surface area contributed by atoms with Crippen LogP contribution >= 0.6 is 0 Å². The van der Waals surface area contributed by atoms with Crippen molar-refractivity contribution in [2.24, 2.45) is 4.99 Å². The van der Waals surface area contributed by atoms with Crippen molar-refractivity contribution in [3.63, 3.8) is 0 Å². The number of nitrogens with one attached hydrogen (secondary N) is 2. The van der Waals surface area contributed by atoms with Crippen molar-refractivity contribution in [2.75, 3.05) is 7.11 Å². The molecule has 0 radical (unpaired) electrons. The molecule has 0 spiro atoms. The first-order valence-electron chi connectivity index (χ1n) is 8.38. The number of halogens is 1. The molecule has 2 N–H and O–H groups in total. The van der Waals surface area contributed by atoms with Crippen molar-refractivity contribution < 1.29 is 18.7 Å². The number of alkyl carbamates (subject to hydrolysis) is 1. The predicted octanol–water partition coefficient (Wildman–Crippen LogP) is 2.26. The number of carbonyl (C=O) groups is 2. The lowest BCUT2D eigenvalue weighted by Gasteiger charge is -2.14. The highest BCUT2D eigenvalue weighted by atomic mass is 19.1. The van der Waals surface area contributed by atoms with E-state index in [0.29, 0.717) is 23.6 Å². The fraction of sp³-hybridized carbons (Fsp3) is 0.263. The first kappa shape index (κ1) is 18.5. The maximum atomic E-state index is 13.0. The van der Waals surface area contributed by atoms with Gasteiger partial charge in [-0.1, -0.05) is 12.1 Å². The van der Waals surface area contributed by atoms with Crippen LogP contribution in [0.1, 0.15) is 35.3 Å². The predicted molar refractivity (Wildman–Crippen MR) is 96.7 cm³/mol. The average molecular weight is 370 g/mol. The molecule has 2 aromatic rings. The molecule has 1 atom stereocenters. The molecule has 1 aliphatic rings. The smallest absolute Gasteiger partial charge is 0.412 e. The van der Waals surface area contributed by atoms with Crippen LogP contribution < -0.4 is 10.6 Å². The Morgan fingerprint density at radius 2 is 2.04 bits per heavy atom. The van der Waals surface area contributed by atoms with Crippen molar-refractivity contribution in [2.45, 2.75) is 25.9 Å². The first-order valence-corrected chi connectivity index (χ1v) is 8.38. The third-order valence-electron chi connectivity index (χ3n) is 4.20. The Bertz CT molecular complexity index is 896. The molecular weight excluding hydrogens is 351 g/mol. The van der Waals surface area contributed by atoms with Gasteiger partial charge in [0.2, 0.25) is 5.91 Å². The number of rotatable bonds is 4. The molecule has 8 heteroatoms. The number of aromatic nitrogens is 1. The summed E-state index contributed by atoms with van der Waals surface area (Å²) in [5.41, 5.74) is 3.01. The Morgan fingerprint density at radius 3 is 2.74 bits per heavy atom. The molecule has 1 aliphatic heterocycles. The highest BCUT2D eigenvalue weighted by molar-refractivity contribution is 6.08. The zero-order valence-electron chi connectivity index (χ0n) is 15.0. The monoisotopic (exact) mass is 370 g/mol. The van der Waals surface area contributed by atoms with Crippen molar-refractivity contribution >= 4 is 17.8 Å². The van der Waals surface area contributed by atoms with Gasteiger partial charge in [-0.15, -0.1) is 0 Å². The molecule has 0 fully saturated rings. The topological polar surface area (TPSA) is 92.7 Å². The average Bonchev–Trinajstić information content (AvgIpc) is 3.04. The van der Waals surface area contributed by atoms with E-state index in [4.69, 9.17) is 0 Å². The molecule has 3 rings (SSSR count). The van der Waals surface area contributed by atoms with Crippen LogP contribution in [0.25, 0.3) is 0 Å². The van der Waals surface area contributed by atoms with E-state index in [1.807, 2.05) is 6.92 Å². The zero-order chi connectivity index (χ0) is 19.4. The minimum Gasteiger partial charge on any atom is -0.453 e. The summed E-state index contributed by atoms with van der Waals surface area (Å²) >= 11 is 0. The van der Waals surface area contributed by atoms with E-state index in [0.717, 1.165) is 11.1 Å². The van der Waals surface area contributed by atoms with Gasteiger partial charge in [0.15, 0.2) is 0 Å². The normalized spacial score (nSPS) is 13.4. The molecule has 2 amide bonds. The number of nitrogens with zero attached hydrogens (tertiary/aromatic N) is 2. The molecule has 1 aromatic carbocycles. The number of carbonyl (C=O) groups excluding carboxylic acids is 2. The Kier molecular flexibility index (Phi) is 5.44. The molecule has 2 heterocycles. The van der Waals surface area contributed by atoms with Crippen LogP contribution in [0, 0.1) is 5.82 Å². The van der Waals surface area contributed by atoms with Crippen molar-refractivity contribution in [3.05, 3.63) is 64.7 Å². The number of pyridine rings is 1. The third kappa shape index (κ3) is 4.46. The Morgan fingerprint density at radius 1 is 1.30 bits per heavy atom. The van der Waals surface area contributed by atoms with Crippen LogP contribution in [0.15, 0.2) is 41.5 Å². The fourth-order valence-electron chi connectivity index (χ4n) is 2.78. The molecule has 0 saturated heterocycles. The van der Waals surface area contributed by atoms with E-state index in [1.54, 1.807) is 24.4 Å². The number of methoxy groups -OCH3 is 1. The fourth-order valence-corrected chi connectivity index (χ4v) is 2.78. The summed E-state index contributed by atoms with van der Waals surface area (Å²) < 4.78 is 17.6. The summed E-state index contributed by atoms with van der Waals surface area (Å²) in [5.74, 6) is -0.0979. The lowest BCUT2D eigenvalue weighted by atomic mass is 10.1. The van der Waals surface area contributed by atoms with Crippen LogP contribution in [0.3, 0.4) is 0 Å². The zero-order valence-corrected chi connectivity index (χ0v) is 15.0. The summed E-state index contributed by atoms with van der Waals surface area (Å²) in [5, 5.41) is 5.41. The van der Waals surface area contributed by atoms with E-state index in [-0.39, 0.29) is 24.2 Å². The number of amidine groups is 1. The Balaban J connectivity index is 1.61. The number of hydrogen-bond donors (Lipinski definition) is 2. The van der Waals surface area contributed by atoms with Gasteiger partial charge in [0.05, 0.1) is 31.8 Å². The van der Waals surface area contributed by atoms with Crippen LogP contribution in [-0.4, -0.2) is 29.9 Å². The number of ether oxygens (including phenoxy) is 1. The van der Waals surface area contributed by atoms with Gasteiger partial charge in [0.1, 0.15) is 11.7 Å². The minimum absolute atomic E-state index is 0.110. The Labute approximate surface area is 155 Å². The lowest BCUT2D eigenvalue weighted by molar-refractivity contribution is -0.121. The summed E-state index contributed by atoms with van der Waals surface area (Å²) in [6.07, 6.45) is 1.10. The standard InChI is InChI=1S/C19H19FN4O3/c1-11(12-3-5-14(20)6-4-12)23-17(25)8-15-7-13-9-22-18(16(13)10-21-15)24-19(26)27-2/h3-7,10-11H,8-9H2,1-2H3,(H,23,25)(H,22,24,26)/t11-/m1/s1. The summed E-state index contributed by atoms with van der Waals surface area (Å²) in [7, 11) is 1.28. The van der Waals surface area contributed by atoms with Gasteiger partial charge in [-0.2, -0.15) is 0 Å². The maximum Gasteiger partial charge on any atom is 0.412 e. The third-order valence-corrected chi connectivity index (χ3v) is 4.20. The number of benzene rings is 1. The van der Waals surface area contributed by atoms with E-state index < -0.39 is 6.09 Å². The van der Waals surface area contributed by atoms with E-state index in [9.17, 15) is 14.0 Å². The highest BCUT2D eigenvalue weighted by Crippen LogP contribution is 2.19. The van der Waals surface area contributed by atoms with E-state index in [1.165, 1.54) is 19.2 Å². The summed E-state index contributed by atoms with van der Waals surface area (Å²) in [4.78, 5) is 32.1. The molecule has 0 unspecified atom stereocenters. The number of hydrogen-bond acceptors (Lipinski definition) is 5. The first-order chi connectivity index (χ1) is 13.0. The van der Waals surface area contributed by atoms with Gasteiger partial charge in [-0.05, 0) is 36.2 Å². The molecular formula is C19H19FN4O3. The molecule has 0 bridgehead atoms. The molecule has 0 aliphatic carbocycles. The van der Waals surface area contributed by atoms with Crippen LogP contribution in [0.2, 0.25) is 0 Å². The lowest BCUT2D eigenvalue weighted by Crippen LogP contribution is -2.30. The molecule has 0 saturated carbocycles. The minimum atomic E-state index is -0.597.